The standard InChI is InChI=1S/C18H17BrClFN4O4/c1-8-2-3-9(20)6-11(8)24-18(27)15-13(10-4-5-22-17(19)14(10)21)16(25(28)29)12(7-26)23-15/h2-6,12-13,15-16,23,26H,7H2,1H3,(H,24,27)/t12-,13+,15+,16+/m0/s1. The molecule has 1 fully saturated rings. The second kappa shape index (κ2) is 8.70. The predicted molar refractivity (Wildman–Crippen MR) is 108 cm³/mol. The molecule has 1 aliphatic rings. The highest BCUT2D eigenvalue weighted by Gasteiger charge is 2.54. The fraction of sp³-hybridized carbons (Fsp3) is 0.333. The van der Waals surface area contributed by atoms with E-state index in [9.17, 15) is 24.4 Å². The van der Waals surface area contributed by atoms with Crippen LogP contribution in [0.25, 0.3) is 0 Å². The highest BCUT2D eigenvalue weighted by molar-refractivity contribution is 9.10. The molecule has 2 aromatic rings. The SMILES string of the molecule is Cc1ccc(Cl)cc1NC(=O)[C@@H]1N[C@@H](CO)[C@@H]([N+](=O)[O-])[C@@H]1c1ccnc(Br)c1F. The number of nitro groups is 1. The lowest BCUT2D eigenvalue weighted by atomic mass is 9.86. The van der Waals surface area contributed by atoms with Crippen molar-refractivity contribution in [1.82, 2.24) is 10.3 Å². The molecule has 1 aromatic carbocycles. The monoisotopic (exact) mass is 486 g/mol. The van der Waals surface area contributed by atoms with Crippen LogP contribution in [0.1, 0.15) is 17.0 Å². The van der Waals surface area contributed by atoms with Crippen molar-refractivity contribution < 1.29 is 19.2 Å². The molecule has 29 heavy (non-hydrogen) atoms. The summed E-state index contributed by atoms with van der Waals surface area (Å²) in [6, 6.07) is 2.62. The largest absolute Gasteiger partial charge is 0.394 e. The third-order valence-corrected chi connectivity index (χ3v) is 5.74. The number of nitrogens with zero attached hydrogens (tertiary/aromatic N) is 2. The van der Waals surface area contributed by atoms with Gasteiger partial charge in [0.25, 0.3) is 0 Å². The second-order valence-electron chi connectivity index (χ2n) is 6.69. The number of aliphatic hydroxyl groups is 1. The molecule has 0 radical (unpaired) electrons. The van der Waals surface area contributed by atoms with E-state index in [1.807, 2.05) is 0 Å². The van der Waals surface area contributed by atoms with Gasteiger partial charge in [-0.3, -0.25) is 20.2 Å². The van der Waals surface area contributed by atoms with Crippen molar-refractivity contribution in [3.63, 3.8) is 0 Å². The molecule has 3 N–H and O–H groups in total. The summed E-state index contributed by atoms with van der Waals surface area (Å²) in [4.78, 5) is 27.9. The Morgan fingerprint density at radius 1 is 1.48 bits per heavy atom. The molecule has 2 heterocycles. The number of benzene rings is 1. The molecule has 1 saturated heterocycles. The summed E-state index contributed by atoms with van der Waals surface area (Å²) in [7, 11) is 0. The van der Waals surface area contributed by atoms with E-state index in [1.54, 1.807) is 25.1 Å². The fourth-order valence-corrected chi connectivity index (χ4v) is 4.07. The van der Waals surface area contributed by atoms with Crippen LogP contribution in [0.4, 0.5) is 10.1 Å². The van der Waals surface area contributed by atoms with Gasteiger partial charge in [0.15, 0.2) is 5.82 Å². The van der Waals surface area contributed by atoms with E-state index in [2.05, 4.69) is 31.5 Å². The van der Waals surface area contributed by atoms with Crippen LogP contribution in [0.3, 0.4) is 0 Å². The van der Waals surface area contributed by atoms with E-state index in [-0.39, 0.29) is 10.2 Å². The fourth-order valence-electron chi connectivity index (χ4n) is 3.55. The smallest absolute Gasteiger partial charge is 0.242 e. The maximum absolute atomic E-state index is 14.7. The first kappa shape index (κ1) is 21.6. The number of aliphatic hydroxyl groups excluding tert-OH is 1. The molecule has 0 aliphatic carbocycles. The van der Waals surface area contributed by atoms with Gasteiger partial charge in [0.05, 0.1) is 18.6 Å². The highest BCUT2D eigenvalue weighted by atomic mass is 79.9. The van der Waals surface area contributed by atoms with Crippen LogP contribution in [0.15, 0.2) is 35.1 Å². The quantitative estimate of drug-likeness (QED) is 0.339. The minimum atomic E-state index is -1.42. The van der Waals surface area contributed by atoms with Crippen molar-refractivity contribution in [3.8, 4) is 0 Å². The van der Waals surface area contributed by atoms with Gasteiger partial charge in [-0.05, 0) is 46.6 Å². The number of rotatable bonds is 5. The summed E-state index contributed by atoms with van der Waals surface area (Å²) in [5.74, 6) is -2.56. The summed E-state index contributed by atoms with van der Waals surface area (Å²) in [6.07, 6.45) is 1.29. The van der Waals surface area contributed by atoms with Gasteiger partial charge in [-0.2, -0.15) is 0 Å². The molecule has 1 amide bonds. The Labute approximate surface area is 178 Å². The predicted octanol–water partition coefficient (Wildman–Crippen LogP) is 2.65. The van der Waals surface area contributed by atoms with Crippen LogP contribution < -0.4 is 10.6 Å². The average molecular weight is 488 g/mol. The lowest BCUT2D eigenvalue weighted by Crippen LogP contribution is -2.43. The van der Waals surface area contributed by atoms with Gasteiger partial charge in [0.1, 0.15) is 10.6 Å². The highest BCUT2D eigenvalue weighted by Crippen LogP contribution is 2.36. The number of carbonyl (C=O) groups is 1. The molecule has 0 spiro atoms. The summed E-state index contributed by atoms with van der Waals surface area (Å²) in [6.45, 7) is 1.18. The zero-order valence-corrected chi connectivity index (χ0v) is 17.4. The molecule has 1 aromatic heterocycles. The van der Waals surface area contributed by atoms with Crippen molar-refractivity contribution in [2.24, 2.45) is 0 Å². The molecule has 0 unspecified atom stereocenters. The van der Waals surface area contributed by atoms with Crippen molar-refractivity contribution >= 4 is 39.1 Å². The molecule has 11 heteroatoms. The summed E-state index contributed by atoms with van der Waals surface area (Å²) in [5.41, 5.74) is 1.13. The number of anilines is 1. The Kier molecular flexibility index (Phi) is 6.47. The first-order valence-corrected chi connectivity index (χ1v) is 9.79. The average Bonchev–Trinajstić information content (AvgIpc) is 3.06. The van der Waals surface area contributed by atoms with E-state index >= 15 is 0 Å². The third kappa shape index (κ3) is 4.25. The number of amides is 1. The van der Waals surface area contributed by atoms with Crippen LogP contribution in [-0.4, -0.2) is 45.7 Å². The Morgan fingerprint density at radius 3 is 2.86 bits per heavy atom. The number of nitrogens with one attached hydrogen (secondary N) is 2. The van der Waals surface area contributed by atoms with Crippen LogP contribution in [0.2, 0.25) is 5.02 Å². The van der Waals surface area contributed by atoms with Crippen molar-refractivity contribution in [2.75, 3.05) is 11.9 Å². The molecule has 0 bridgehead atoms. The zero-order valence-electron chi connectivity index (χ0n) is 15.1. The Balaban J connectivity index is 2.02. The zero-order chi connectivity index (χ0) is 21.3. The lowest BCUT2D eigenvalue weighted by Gasteiger charge is -2.21. The molecule has 0 saturated carbocycles. The Morgan fingerprint density at radius 2 is 2.21 bits per heavy atom. The van der Waals surface area contributed by atoms with Gasteiger partial charge in [0, 0.05) is 27.4 Å². The minimum absolute atomic E-state index is 0.0417. The van der Waals surface area contributed by atoms with Gasteiger partial charge < -0.3 is 10.4 Å². The maximum Gasteiger partial charge on any atom is 0.242 e. The minimum Gasteiger partial charge on any atom is -0.394 e. The number of aryl methyl sites for hydroxylation is 1. The van der Waals surface area contributed by atoms with Crippen LogP contribution >= 0.6 is 27.5 Å². The number of halogens is 3. The van der Waals surface area contributed by atoms with Crippen LogP contribution in [0.5, 0.6) is 0 Å². The number of aromatic nitrogens is 1. The van der Waals surface area contributed by atoms with E-state index in [1.165, 1.54) is 12.3 Å². The van der Waals surface area contributed by atoms with E-state index < -0.39 is 47.3 Å². The Hall–Kier alpha value is -2.14. The molecule has 8 nitrogen and oxygen atoms in total. The summed E-state index contributed by atoms with van der Waals surface area (Å²) >= 11 is 8.95. The van der Waals surface area contributed by atoms with Gasteiger partial charge in [-0.1, -0.05) is 17.7 Å². The first-order valence-electron chi connectivity index (χ1n) is 8.62. The second-order valence-corrected chi connectivity index (χ2v) is 7.88. The normalized spacial score (nSPS) is 23.8. The van der Waals surface area contributed by atoms with Gasteiger partial charge in [-0.15, -0.1) is 0 Å². The molecule has 1 aliphatic heterocycles. The first-order chi connectivity index (χ1) is 13.7. The molecular weight excluding hydrogens is 471 g/mol. The maximum atomic E-state index is 14.7. The van der Waals surface area contributed by atoms with Crippen molar-refractivity contribution in [3.05, 3.63) is 67.1 Å². The number of carbonyl (C=O) groups excluding carboxylic acids is 1. The molecular formula is C18H17BrClFN4O4. The van der Waals surface area contributed by atoms with Gasteiger partial charge in [0.2, 0.25) is 11.9 Å². The molecule has 154 valence electrons. The lowest BCUT2D eigenvalue weighted by molar-refractivity contribution is -0.527. The van der Waals surface area contributed by atoms with E-state index in [0.717, 1.165) is 5.56 Å². The van der Waals surface area contributed by atoms with Crippen molar-refractivity contribution in [1.29, 1.82) is 0 Å². The van der Waals surface area contributed by atoms with Crippen LogP contribution in [0, 0.1) is 22.9 Å². The number of pyridine rings is 1. The van der Waals surface area contributed by atoms with E-state index in [0.29, 0.717) is 10.7 Å². The van der Waals surface area contributed by atoms with E-state index in [4.69, 9.17) is 11.6 Å². The van der Waals surface area contributed by atoms with Crippen LogP contribution in [-0.2, 0) is 4.79 Å². The molecule has 4 atom stereocenters. The third-order valence-electron chi connectivity index (χ3n) is 4.95. The summed E-state index contributed by atoms with van der Waals surface area (Å²) in [5, 5.41) is 27.2. The van der Waals surface area contributed by atoms with Gasteiger partial charge >= 0.3 is 0 Å². The topological polar surface area (TPSA) is 117 Å². The summed E-state index contributed by atoms with van der Waals surface area (Å²) < 4.78 is 14.6. The van der Waals surface area contributed by atoms with Crippen molar-refractivity contribution in [2.45, 2.75) is 31.0 Å². The number of hydrogen-bond donors (Lipinski definition) is 3. The van der Waals surface area contributed by atoms with Gasteiger partial charge in [-0.25, -0.2) is 9.37 Å². The number of hydrogen-bond acceptors (Lipinski definition) is 6. The Bertz CT molecular complexity index is 963. The molecule has 3 rings (SSSR count).